The van der Waals surface area contributed by atoms with Gasteiger partial charge in [0.1, 0.15) is 5.82 Å². The van der Waals surface area contributed by atoms with Crippen LogP contribution in [0.15, 0.2) is 42.6 Å². The van der Waals surface area contributed by atoms with E-state index in [4.69, 9.17) is 0 Å². The van der Waals surface area contributed by atoms with Crippen molar-refractivity contribution in [2.75, 3.05) is 5.32 Å². The van der Waals surface area contributed by atoms with Gasteiger partial charge in [-0.15, -0.1) is 0 Å². The summed E-state index contributed by atoms with van der Waals surface area (Å²) in [6.07, 6.45) is 2.01. The van der Waals surface area contributed by atoms with Crippen molar-refractivity contribution >= 4 is 22.5 Å². The lowest BCUT2D eigenvalue weighted by molar-refractivity contribution is -0.115. The van der Waals surface area contributed by atoms with E-state index in [1.54, 1.807) is 12.3 Å². The number of benzene rings is 2. The Morgan fingerprint density at radius 1 is 1.23 bits per heavy atom. The molecule has 0 spiro atoms. The van der Waals surface area contributed by atoms with Crippen molar-refractivity contribution in [3.8, 4) is 0 Å². The Labute approximate surface area is 128 Å². The molecule has 3 nitrogen and oxygen atoms in total. The summed E-state index contributed by atoms with van der Waals surface area (Å²) in [7, 11) is 0. The lowest BCUT2D eigenvalue weighted by Gasteiger charge is -2.10. The molecule has 22 heavy (non-hydrogen) atoms. The summed E-state index contributed by atoms with van der Waals surface area (Å²) in [6, 6.07) is 10.4. The predicted molar refractivity (Wildman–Crippen MR) is 86.5 cm³/mol. The Morgan fingerprint density at radius 2 is 2.05 bits per heavy atom. The maximum Gasteiger partial charge on any atom is 0.228 e. The molecule has 0 aliphatic rings. The molecule has 0 aliphatic carbocycles. The Hall–Kier alpha value is -2.62. The standard InChI is InChI=1S/C18H17FN2O/c1-11-4-3-5-16(12(11)2)21-18(22)8-13-10-20-17-9-14(19)6-7-15(13)17/h3-7,9-10,20H,8H2,1-2H3,(H,21,22). The molecule has 0 saturated heterocycles. The highest BCUT2D eigenvalue weighted by atomic mass is 19.1. The first kappa shape index (κ1) is 14.3. The zero-order valence-corrected chi connectivity index (χ0v) is 12.5. The smallest absolute Gasteiger partial charge is 0.228 e. The third-order valence-corrected chi connectivity index (χ3v) is 3.96. The molecule has 112 valence electrons. The van der Waals surface area contributed by atoms with Crippen molar-refractivity contribution in [3.63, 3.8) is 0 Å². The number of aromatic nitrogens is 1. The number of carbonyl (C=O) groups excluding carboxylic acids is 1. The number of halogens is 1. The SMILES string of the molecule is Cc1cccc(NC(=O)Cc2c[nH]c3cc(F)ccc23)c1C. The molecule has 1 amide bonds. The summed E-state index contributed by atoms with van der Waals surface area (Å²) < 4.78 is 13.2. The minimum atomic E-state index is -0.291. The van der Waals surface area contributed by atoms with E-state index < -0.39 is 0 Å². The van der Waals surface area contributed by atoms with E-state index in [1.807, 2.05) is 32.0 Å². The van der Waals surface area contributed by atoms with Crippen molar-refractivity contribution in [1.82, 2.24) is 4.98 Å². The van der Waals surface area contributed by atoms with Gasteiger partial charge in [0.05, 0.1) is 6.42 Å². The fraction of sp³-hybridized carbons (Fsp3) is 0.167. The molecule has 1 aromatic heterocycles. The number of hydrogen-bond acceptors (Lipinski definition) is 1. The number of anilines is 1. The fourth-order valence-electron chi connectivity index (χ4n) is 2.56. The second-order valence-electron chi connectivity index (χ2n) is 5.48. The Balaban J connectivity index is 1.80. The molecule has 0 radical (unpaired) electrons. The Bertz CT molecular complexity index is 851. The van der Waals surface area contributed by atoms with Gasteiger partial charge in [-0.25, -0.2) is 4.39 Å². The van der Waals surface area contributed by atoms with Crippen LogP contribution in [0, 0.1) is 19.7 Å². The van der Waals surface area contributed by atoms with Crippen molar-refractivity contribution < 1.29 is 9.18 Å². The van der Waals surface area contributed by atoms with Crippen LogP contribution < -0.4 is 5.32 Å². The van der Waals surface area contributed by atoms with Crippen LogP contribution in [0.2, 0.25) is 0 Å². The normalized spacial score (nSPS) is 10.9. The topological polar surface area (TPSA) is 44.9 Å². The first-order chi connectivity index (χ1) is 10.5. The molecule has 0 unspecified atom stereocenters. The van der Waals surface area contributed by atoms with Crippen LogP contribution in [0.4, 0.5) is 10.1 Å². The van der Waals surface area contributed by atoms with Gasteiger partial charge in [0.2, 0.25) is 5.91 Å². The van der Waals surface area contributed by atoms with E-state index >= 15 is 0 Å². The van der Waals surface area contributed by atoms with Crippen LogP contribution in [-0.4, -0.2) is 10.9 Å². The van der Waals surface area contributed by atoms with Gasteiger partial charge in [-0.1, -0.05) is 12.1 Å². The quantitative estimate of drug-likeness (QED) is 0.750. The molecule has 0 atom stereocenters. The first-order valence-electron chi connectivity index (χ1n) is 7.16. The summed E-state index contributed by atoms with van der Waals surface area (Å²) in [6.45, 7) is 4.00. The highest BCUT2D eigenvalue weighted by Gasteiger charge is 2.11. The maximum absolute atomic E-state index is 13.2. The highest BCUT2D eigenvalue weighted by molar-refractivity contribution is 5.96. The van der Waals surface area contributed by atoms with Gasteiger partial charge in [-0.05, 0) is 54.8 Å². The van der Waals surface area contributed by atoms with Crippen LogP contribution in [0.1, 0.15) is 16.7 Å². The number of hydrogen-bond donors (Lipinski definition) is 2. The van der Waals surface area contributed by atoms with Crippen molar-refractivity contribution in [2.24, 2.45) is 0 Å². The maximum atomic E-state index is 13.2. The number of aryl methyl sites for hydroxylation is 1. The molecule has 3 rings (SSSR count). The average molecular weight is 296 g/mol. The van der Waals surface area contributed by atoms with Crippen LogP contribution in [0.5, 0.6) is 0 Å². The molecule has 0 bridgehead atoms. The lowest BCUT2D eigenvalue weighted by atomic mass is 10.1. The fourth-order valence-corrected chi connectivity index (χ4v) is 2.56. The molecule has 2 aromatic carbocycles. The van der Waals surface area contributed by atoms with Crippen LogP contribution in [0.3, 0.4) is 0 Å². The molecule has 0 saturated carbocycles. The summed E-state index contributed by atoms with van der Waals surface area (Å²) >= 11 is 0. The van der Waals surface area contributed by atoms with Crippen LogP contribution in [-0.2, 0) is 11.2 Å². The van der Waals surface area contributed by atoms with Gasteiger partial charge >= 0.3 is 0 Å². The van der Waals surface area contributed by atoms with Gasteiger partial charge in [-0.3, -0.25) is 4.79 Å². The molecule has 3 aromatic rings. The van der Waals surface area contributed by atoms with E-state index in [0.29, 0.717) is 5.52 Å². The minimum absolute atomic E-state index is 0.0843. The zero-order valence-electron chi connectivity index (χ0n) is 12.5. The summed E-state index contributed by atoms with van der Waals surface area (Å²) in [5.74, 6) is -0.375. The number of H-pyrrole nitrogens is 1. The van der Waals surface area contributed by atoms with E-state index in [-0.39, 0.29) is 18.1 Å². The Kier molecular flexibility index (Phi) is 3.67. The highest BCUT2D eigenvalue weighted by Crippen LogP contribution is 2.21. The van der Waals surface area contributed by atoms with E-state index in [0.717, 1.165) is 27.8 Å². The van der Waals surface area contributed by atoms with Crippen molar-refractivity contribution in [2.45, 2.75) is 20.3 Å². The van der Waals surface area contributed by atoms with Gasteiger partial charge in [0.15, 0.2) is 0 Å². The van der Waals surface area contributed by atoms with Crippen molar-refractivity contribution in [3.05, 3.63) is 65.1 Å². The first-order valence-corrected chi connectivity index (χ1v) is 7.16. The minimum Gasteiger partial charge on any atom is -0.361 e. The van der Waals surface area contributed by atoms with Crippen LogP contribution >= 0.6 is 0 Å². The largest absolute Gasteiger partial charge is 0.361 e. The third kappa shape index (κ3) is 2.72. The number of fused-ring (bicyclic) bond motifs is 1. The number of rotatable bonds is 3. The number of aromatic amines is 1. The molecular weight excluding hydrogens is 279 g/mol. The summed E-state index contributed by atoms with van der Waals surface area (Å²) in [4.78, 5) is 15.3. The Morgan fingerprint density at radius 3 is 2.86 bits per heavy atom. The zero-order chi connectivity index (χ0) is 15.7. The summed E-state index contributed by atoms with van der Waals surface area (Å²) in [5, 5.41) is 3.81. The molecular formula is C18H17FN2O. The number of carbonyl (C=O) groups is 1. The lowest BCUT2D eigenvalue weighted by Crippen LogP contribution is -2.15. The molecule has 0 aliphatic heterocycles. The van der Waals surface area contributed by atoms with E-state index in [9.17, 15) is 9.18 Å². The van der Waals surface area contributed by atoms with Gasteiger partial charge in [0.25, 0.3) is 0 Å². The van der Waals surface area contributed by atoms with Crippen LogP contribution in [0.25, 0.3) is 10.9 Å². The predicted octanol–water partition coefficient (Wildman–Crippen LogP) is 4.11. The molecule has 4 heteroatoms. The molecule has 0 fully saturated rings. The molecule has 1 heterocycles. The van der Waals surface area contributed by atoms with E-state index in [2.05, 4.69) is 10.3 Å². The second kappa shape index (κ2) is 5.64. The third-order valence-electron chi connectivity index (χ3n) is 3.96. The monoisotopic (exact) mass is 296 g/mol. The second-order valence-corrected chi connectivity index (χ2v) is 5.48. The molecule has 2 N–H and O–H groups in total. The van der Waals surface area contributed by atoms with Gasteiger partial charge in [0, 0.05) is 22.8 Å². The van der Waals surface area contributed by atoms with Gasteiger partial charge < -0.3 is 10.3 Å². The average Bonchev–Trinajstić information content (AvgIpc) is 2.86. The summed E-state index contributed by atoms with van der Waals surface area (Å²) in [5.41, 5.74) is 4.60. The number of nitrogens with one attached hydrogen (secondary N) is 2. The van der Waals surface area contributed by atoms with E-state index in [1.165, 1.54) is 12.1 Å². The van der Waals surface area contributed by atoms with Crippen molar-refractivity contribution in [1.29, 1.82) is 0 Å². The number of amides is 1. The van der Waals surface area contributed by atoms with Gasteiger partial charge in [-0.2, -0.15) is 0 Å².